The van der Waals surface area contributed by atoms with Crippen molar-refractivity contribution in [3.63, 3.8) is 0 Å². The molecule has 0 aromatic heterocycles. The maximum Gasteiger partial charge on any atom is 0.0465 e. The third-order valence-corrected chi connectivity index (χ3v) is 13.5. The standard InChI is InChI=1S/C55H51N/c1-54(2)49-21-13-12-19-46(49)47-33-27-41(35-51(47)54)45-20-14-22-50-53(45)48-34-32-44(36-52(48)55(50,3)4)56(43-30-25-40(26-31-43)38-17-10-7-11-18-38)42-28-23-39(24-29-42)37-15-8-5-6-9-16-37/h7,10-14,17-37H,5-6,8-9,15-16H2,1-4H3. The van der Waals surface area contributed by atoms with Crippen LogP contribution in [0.5, 0.6) is 0 Å². The van der Waals surface area contributed by atoms with E-state index in [0.717, 1.165) is 0 Å². The van der Waals surface area contributed by atoms with E-state index in [4.69, 9.17) is 0 Å². The highest BCUT2D eigenvalue weighted by Gasteiger charge is 2.39. The van der Waals surface area contributed by atoms with E-state index in [0.29, 0.717) is 5.92 Å². The summed E-state index contributed by atoms with van der Waals surface area (Å²) in [5.74, 6) is 0.672. The Balaban J connectivity index is 1.07. The molecular weight excluding hydrogens is 675 g/mol. The Morgan fingerprint density at radius 3 is 1.68 bits per heavy atom. The Morgan fingerprint density at radius 1 is 0.393 bits per heavy atom. The molecule has 0 bridgehead atoms. The summed E-state index contributed by atoms with van der Waals surface area (Å²) in [4.78, 5) is 2.46. The minimum atomic E-state index is -0.158. The van der Waals surface area contributed by atoms with Crippen LogP contribution in [0.2, 0.25) is 0 Å². The quantitative estimate of drug-likeness (QED) is 0.154. The van der Waals surface area contributed by atoms with E-state index in [1.165, 1.54) is 128 Å². The second kappa shape index (κ2) is 13.5. The Labute approximate surface area is 333 Å². The zero-order valence-corrected chi connectivity index (χ0v) is 33.3. The fraction of sp³-hybridized carbons (Fsp3) is 0.236. The van der Waals surface area contributed by atoms with Gasteiger partial charge >= 0.3 is 0 Å². The summed E-state index contributed by atoms with van der Waals surface area (Å²) < 4.78 is 0. The van der Waals surface area contributed by atoms with Crippen LogP contribution in [-0.4, -0.2) is 0 Å². The fourth-order valence-electron chi connectivity index (χ4n) is 10.4. The first kappa shape index (κ1) is 34.8. The molecule has 0 N–H and O–H groups in total. The molecule has 1 saturated carbocycles. The minimum Gasteiger partial charge on any atom is -0.310 e. The van der Waals surface area contributed by atoms with Gasteiger partial charge in [-0.1, -0.05) is 169 Å². The molecule has 3 aliphatic carbocycles. The number of benzene rings is 7. The zero-order chi connectivity index (χ0) is 38.0. The maximum atomic E-state index is 2.48. The summed E-state index contributed by atoms with van der Waals surface area (Å²) >= 11 is 0. The summed E-state index contributed by atoms with van der Waals surface area (Å²) in [6, 6.07) is 59.7. The van der Waals surface area contributed by atoms with Crippen molar-refractivity contribution < 1.29 is 0 Å². The van der Waals surface area contributed by atoms with Gasteiger partial charge in [-0.15, -0.1) is 0 Å². The average molecular weight is 726 g/mol. The molecule has 0 amide bonds. The Kier molecular flexibility index (Phi) is 8.40. The Morgan fingerprint density at radius 2 is 0.929 bits per heavy atom. The van der Waals surface area contributed by atoms with Crippen LogP contribution in [0.3, 0.4) is 0 Å². The number of fused-ring (bicyclic) bond motifs is 6. The molecule has 7 aromatic rings. The summed E-state index contributed by atoms with van der Waals surface area (Å²) in [6.45, 7) is 9.58. The lowest BCUT2D eigenvalue weighted by atomic mass is 9.80. The molecule has 56 heavy (non-hydrogen) atoms. The van der Waals surface area contributed by atoms with E-state index in [-0.39, 0.29) is 10.8 Å². The van der Waals surface area contributed by atoms with Gasteiger partial charge in [0.1, 0.15) is 0 Å². The zero-order valence-electron chi connectivity index (χ0n) is 33.3. The van der Waals surface area contributed by atoms with E-state index in [2.05, 4.69) is 190 Å². The fourth-order valence-corrected chi connectivity index (χ4v) is 10.4. The van der Waals surface area contributed by atoms with Gasteiger partial charge in [-0.2, -0.15) is 0 Å². The van der Waals surface area contributed by atoms with Gasteiger partial charge in [-0.25, -0.2) is 0 Å². The van der Waals surface area contributed by atoms with Crippen molar-refractivity contribution in [1.29, 1.82) is 0 Å². The molecule has 0 aliphatic heterocycles. The highest BCUT2D eigenvalue weighted by molar-refractivity contribution is 5.95. The number of hydrogen-bond acceptors (Lipinski definition) is 1. The molecule has 0 saturated heterocycles. The van der Waals surface area contributed by atoms with Crippen molar-refractivity contribution in [2.45, 2.75) is 83.0 Å². The van der Waals surface area contributed by atoms with Gasteiger partial charge in [-0.05, 0) is 134 Å². The van der Waals surface area contributed by atoms with Crippen LogP contribution in [-0.2, 0) is 10.8 Å². The van der Waals surface area contributed by atoms with Crippen LogP contribution in [0.1, 0.15) is 100.0 Å². The topological polar surface area (TPSA) is 3.24 Å². The monoisotopic (exact) mass is 725 g/mol. The van der Waals surface area contributed by atoms with Crippen LogP contribution in [0.15, 0.2) is 158 Å². The first-order valence-electron chi connectivity index (χ1n) is 20.9. The molecule has 1 nitrogen and oxygen atoms in total. The molecule has 0 heterocycles. The molecule has 0 atom stereocenters. The van der Waals surface area contributed by atoms with Crippen LogP contribution < -0.4 is 4.90 Å². The SMILES string of the molecule is CC1(C)c2ccccc2-c2ccc(-c3cccc4c3-c3ccc(N(c5ccc(-c6ccccc6)cc5)c5ccc(C6CCCCCC6)cc5)cc3C4(C)C)cc21. The van der Waals surface area contributed by atoms with Crippen molar-refractivity contribution in [2.75, 3.05) is 4.90 Å². The van der Waals surface area contributed by atoms with Crippen molar-refractivity contribution in [3.8, 4) is 44.5 Å². The second-order valence-electron chi connectivity index (χ2n) is 17.5. The van der Waals surface area contributed by atoms with E-state index >= 15 is 0 Å². The van der Waals surface area contributed by atoms with Crippen LogP contribution in [0.4, 0.5) is 17.1 Å². The van der Waals surface area contributed by atoms with Crippen molar-refractivity contribution in [1.82, 2.24) is 0 Å². The first-order chi connectivity index (χ1) is 27.3. The predicted molar refractivity (Wildman–Crippen MR) is 238 cm³/mol. The molecule has 0 spiro atoms. The van der Waals surface area contributed by atoms with Gasteiger partial charge in [0.15, 0.2) is 0 Å². The molecule has 10 rings (SSSR count). The van der Waals surface area contributed by atoms with Crippen LogP contribution in [0.25, 0.3) is 44.5 Å². The van der Waals surface area contributed by atoms with Gasteiger partial charge in [0.2, 0.25) is 0 Å². The summed E-state index contributed by atoms with van der Waals surface area (Å²) in [5.41, 5.74) is 21.0. The second-order valence-corrected chi connectivity index (χ2v) is 17.5. The Hall–Kier alpha value is -5.66. The van der Waals surface area contributed by atoms with Gasteiger partial charge in [0.05, 0.1) is 0 Å². The van der Waals surface area contributed by atoms with Gasteiger partial charge in [0.25, 0.3) is 0 Å². The molecule has 7 aromatic carbocycles. The largest absolute Gasteiger partial charge is 0.310 e. The summed E-state index contributed by atoms with van der Waals surface area (Å²) in [5, 5.41) is 0. The van der Waals surface area contributed by atoms with Crippen LogP contribution >= 0.6 is 0 Å². The lowest BCUT2D eigenvalue weighted by molar-refractivity contribution is 0.592. The molecule has 0 radical (unpaired) electrons. The minimum absolute atomic E-state index is 0.0391. The van der Waals surface area contributed by atoms with Gasteiger partial charge in [0, 0.05) is 27.9 Å². The highest BCUT2D eigenvalue weighted by atomic mass is 15.1. The number of hydrogen-bond donors (Lipinski definition) is 0. The average Bonchev–Trinajstić information content (AvgIpc) is 3.42. The summed E-state index contributed by atoms with van der Waals surface area (Å²) in [6.07, 6.45) is 8.07. The van der Waals surface area contributed by atoms with E-state index in [1.807, 2.05) is 0 Å². The molecule has 3 aliphatic rings. The van der Waals surface area contributed by atoms with Crippen LogP contribution in [0, 0.1) is 0 Å². The maximum absolute atomic E-state index is 2.48. The first-order valence-corrected chi connectivity index (χ1v) is 20.9. The lowest BCUT2D eigenvalue weighted by Crippen LogP contribution is -2.16. The third-order valence-electron chi connectivity index (χ3n) is 13.5. The van der Waals surface area contributed by atoms with Gasteiger partial charge < -0.3 is 4.90 Å². The third kappa shape index (κ3) is 5.66. The van der Waals surface area contributed by atoms with Crippen molar-refractivity contribution in [2.24, 2.45) is 0 Å². The molecule has 0 unspecified atom stereocenters. The molecular formula is C55H51N. The predicted octanol–water partition coefficient (Wildman–Crippen LogP) is 15.5. The molecule has 1 fully saturated rings. The molecule has 1 heteroatoms. The number of nitrogens with zero attached hydrogens (tertiary/aromatic N) is 1. The number of rotatable bonds is 6. The van der Waals surface area contributed by atoms with Crippen molar-refractivity contribution in [3.05, 3.63) is 186 Å². The van der Waals surface area contributed by atoms with E-state index in [9.17, 15) is 0 Å². The van der Waals surface area contributed by atoms with E-state index in [1.54, 1.807) is 0 Å². The van der Waals surface area contributed by atoms with Gasteiger partial charge in [-0.3, -0.25) is 0 Å². The summed E-state index contributed by atoms with van der Waals surface area (Å²) in [7, 11) is 0. The molecule has 276 valence electrons. The lowest BCUT2D eigenvalue weighted by Gasteiger charge is -2.28. The van der Waals surface area contributed by atoms with E-state index < -0.39 is 0 Å². The van der Waals surface area contributed by atoms with Crippen molar-refractivity contribution >= 4 is 17.1 Å². The highest BCUT2D eigenvalue weighted by Crippen LogP contribution is 2.55. The normalized spacial score (nSPS) is 16.4. The number of anilines is 3. The smallest absolute Gasteiger partial charge is 0.0465 e. The Bertz CT molecular complexity index is 2560.